The summed E-state index contributed by atoms with van der Waals surface area (Å²) in [6.07, 6.45) is 1.20. The van der Waals surface area contributed by atoms with E-state index in [0.29, 0.717) is 6.07 Å². The van der Waals surface area contributed by atoms with E-state index in [1.54, 1.807) is 0 Å². The minimum absolute atomic E-state index is 0.166. The molecule has 0 aliphatic carbocycles. The molecule has 0 saturated heterocycles. The Bertz CT molecular complexity index is 731. The van der Waals surface area contributed by atoms with Crippen LogP contribution in [-0.2, 0) is 16.6 Å². The summed E-state index contributed by atoms with van der Waals surface area (Å²) in [5.74, 6) is -0.950. The van der Waals surface area contributed by atoms with Crippen LogP contribution in [0.2, 0.25) is 0 Å². The van der Waals surface area contributed by atoms with Crippen molar-refractivity contribution >= 4 is 15.7 Å². The fourth-order valence-corrected chi connectivity index (χ4v) is 2.36. The van der Waals surface area contributed by atoms with Gasteiger partial charge in [-0.2, -0.15) is 9.49 Å². The molecule has 1 aromatic heterocycles. The van der Waals surface area contributed by atoms with Gasteiger partial charge < -0.3 is 0 Å². The summed E-state index contributed by atoms with van der Waals surface area (Å²) in [5, 5.41) is 16.4. The molecule has 1 heterocycles. The molecule has 2 aromatic rings. The minimum atomic E-state index is -4.00. The van der Waals surface area contributed by atoms with Crippen LogP contribution in [0.1, 0.15) is 5.82 Å². The maximum absolute atomic E-state index is 13.4. The van der Waals surface area contributed by atoms with Crippen molar-refractivity contribution in [2.45, 2.75) is 11.4 Å². The monoisotopic (exact) mass is 301 g/mol. The zero-order valence-corrected chi connectivity index (χ0v) is 10.6. The Hall–Kier alpha value is -2.40. The van der Waals surface area contributed by atoms with Crippen molar-refractivity contribution in [3.63, 3.8) is 0 Å². The number of benzene rings is 1. The number of halogens is 1. The first-order valence-electron chi connectivity index (χ1n) is 5.18. The highest BCUT2D eigenvalue weighted by Crippen LogP contribution is 2.20. The third-order valence-corrected chi connectivity index (χ3v) is 3.72. The van der Waals surface area contributed by atoms with Crippen LogP contribution in [0, 0.1) is 15.9 Å². The molecule has 0 spiro atoms. The smallest absolute Gasteiger partial charge is 0.262 e. The fraction of sp³-hybridized carbons (Fsp3) is 0.111. The number of nitrogens with one attached hydrogen (secondary N) is 2. The van der Waals surface area contributed by atoms with Gasteiger partial charge in [-0.3, -0.25) is 15.2 Å². The van der Waals surface area contributed by atoms with E-state index in [-0.39, 0.29) is 12.4 Å². The van der Waals surface area contributed by atoms with Gasteiger partial charge in [0.25, 0.3) is 0 Å². The second kappa shape index (κ2) is 5.30. The first kappa shape index (κ1) is 14.0. The Morgan fingerprint density at radius 2 is 2.20 bits per heavy atom. The highest BCUT2D eigenvalue weighted by Gasteiger charge is 2.20. The number of hydrogen-bond donors (Lipinski definition) is 2. The molecule has 2 N–H and O–H groups in total. The van der Waals surface area contributed by atoms with Crippen LogP contribution in [0.4, 0.5) is 10.1 Å². The van der Waals surface area contributed by atoms with Crippen molar-refractivity contribution in [2.75, 3.05) is 0 Å². The van der Waals surface area contributed by atoms with E-state index in [9.17, 15) is 22.9 Å². The second-order valence-corrected chi connectivity index (χ2v) is 5.39. The van der Waals surface area contributed by atoms with Gasteiger partial charge in [0, 0.05) is 12.1 Å². The molecule has 106 valence electrons. The van der Waals surface area contributed by atoms with E-state index < -0.39 is 31.3 Å². The molecule has 20 heavy (non-hydrogen) atoms. The predicted molar refractivity (Wildman–Crippen MR) is 63.5 cm³/mol. The summed E-state index contributed by atoms with van der Waals surface area (Å²) in [7, 11) is -4.00. The number of rotatable bonds is 5. The van der Waals surface area contributed by atoms with E-state index in [4.69, 9.17) is 0 Å². The number of sulfonamides is 1. The zero-order chi connectivity index (χ0) is 14.8. The van der Waals surface area contributed by atoms with Gasteiger partial charge in [-0.1, -0.05) is 0 Å². The van der Waals surface area contributed by atoms with Gasteiger partial charge in [-0.05, 0) is 6.07 Å². The van der Waals surface area contributed by atoms with Crippen molar-refractivity contribution in [1.82, 2.24) is 19.9 Å². The van der Waals surface area contributed by atoms with Gasteiger partial charge in [-0.15, -0.1) is 0 Å². The molecule has 0 atom stereocenters. The number of nitro benzene ring substituents is 1. The maximum atomic E-state index is 13.4. The Balaban J connectivity index is 2.21. The molecule has 0 bridgehead atoms. The molecule has 0 amide bonds. The molecule has 0 radical (unpaired) electrons. The molecule has 2 rings (SSSR count). The first-order valence-corrected chi connectivity index (χ1v) is 6.66. The largest absolute Gasteiger partial charge is 0.304 e. The van der Waals surface area contributed by atoms with Gasteiger partial charge in [0.2, 0.25) is 15.8 Å². The maximum Gasteiger partial charge on any atom is 0.304 e. The van der Waals surface area contributed by atoms with Gasteiger partial charge >= 0.3 is 5.69 Å². The van der Waals surface area contributed by atoms with Gasteiger partial charge in [-0.25, -0.2) is 18.1 Å². The van der Waals surface area contributed by atoms with E-state index in [1.807, 2.05) is 0 Å². The summed E-state index contributed by atoms with van der Waals surface area (Å²) in [5.41, 5.74) is -0.792. The minimum Gasteiger partial charge on any atom is -0.262 e. The SMILES string of the molecule is O=[N+]([O-])c1ccc(S(=O)(=O)NCc2ncn[nH]2)cc1F. The first-order chi connectivity index (χ1) is 9.40. The Morgan fingerprint density at radius 1 is 1.45 bits per heavy atom. The van der Waals surface area contributed by atoms with Gasteiger partial charge in [0.05, 0.1) is 16.4 Å². The molecular weight excluding hydrogens is 293 g/mol. The topological polar surface area (TPSA) is 131 Å². The number of H-pyrrole nitrogens is 1. The Kier molecular flexibility index (Phi) is 3.72. The van der Waals surface area contributed by atoms with Gasteiger partial charge in [0.15, 0.2) is 0 Å². The average molecular weight is 301 g/mol. The Morgan fingerprint density at radius 3 is 2.75 bits per heavy atom. The van der Waals surface area contributed by atoms with Crippen LogP contribution in [0.3, 0.4) is 0 Å². The normalized spacial score (nSPS) is 11.4. The number of hydrogen-bond acceptors (Lipinski definition) is 6. The van der Waals surface area contributed by atoms with Crippen LogP contribution in [0.25, 0.3) is 0 Å². The molecule has 1 aromatic carbocycles. The van der Waals surface area contributed by atoms with Crippen LogP contribution >= 0.6 is 0 Å². The summed E-state index contributed by atoms with van der Waals surface area (Å²) in [4.78, 5) is 12.8. The Labute approximate surface area is 112 Å². The molecule has 9 nitrogen and oxygen atoms in total. The molecule has 0 unspecified atom stereocenters. The number of aromatic nitrogens is 3. The van der Waals surface area contributed by atoms with Crippen molar-refractivity contribution in [3.8, 4) is 0 Å². The molecule has 0 saturated carbocycles. The highest BCUT2D eigenvalue weighted by atomic mass is 32.2. The summed E-state index contributed by atoms with van der Waals surface area (Å²) >= 11 is 0. The summed E-state index contributed by atoms with van der Waals surface area (Å²) in [6.45, 7) is -0.166. The van der Waals surface area contributed by atoms with Crippen molar-refractivity contribution in [3.05, 3.63) is 46.3 Å². The molecule has 11 heteroatoms. The quantitative estimate of drug-likeness (QED) is 0.604. The molecule has 0 aliphatic rings. The van der Waals surface area contributed by atoms with Crippen molar-refractivity contribution in [1.29, 1.82) is 0 Å². The molecule has 0 fully saturated rings. The van der Waals surface area contributed by atoms with E-state index >= 15 is 0 Å². The highest BCUT2D eigenvalue weighted by molar-refractivity contribution is 7.89. The zero-order valence-electron chi connectivity index (χ0n) is 9.78. The lowest BCUT2D eigenvalue weighted by Crippen LogP contribution is -2.24. The van der Waals surface area contributed by atoms with Crippen molar-refractivity contribution < 1.29 is 17.7 Å². The average Bonchev–Trinajstić information content (AvgIpc) is 2.89. The lowest BCUT2D eigenvalue weighted by molar-refractivity contribution is -0.387. The van der Waals surface area contributed by atoms with Crippen LogP contribution in [0.5, 0.6) is 0 Å². The van der Waals surface area contributed by atoms with E-state index in [2.05, 4.69) is 19.9 Å². The van der Waals surface area contributed by atoms with E-state index in [0.717, 1.165) is 12.1 Å². The van der Waals surface area contributed by atoms with Crippen molar-refractivity contribution in [2.24, 2.45) is 0 Å². The molecular formula is C9H8FN5O4S. The predicted octanol–water partition coefficient (Wildman–Crippen LogP) is 0.331. The number of nitro groups is 1. The molecule has 0 aliphatic heterocycles. The second-order valence-electron chi connectivity index (χ2n) is 3.63. The standard InChI is InChI=1S/C9H8FN5O4S/c10-7-3-6(1-2-8(7)15(16)17)20(18,19)13-4-9-11-5-12-14-9/h1-3,5,13H,4H2,(H,11,12,14). The third-order valence-electron chi connectivity index (χ3n) is 2.32. The van der Waals surface area contributed by atoms with Crippen LogP contribution in [-0.4, -0.2) is 28.5 Å². The summed E-state index contributed by atoms with van der Waals surface area (Å²) < 4.78 is 39.2. The third kappa shape index (κ3) is 2.95. The summed E-state index contributed by atoms with van der Waals surface area (Å²) in [6, 6.07) is 2.32. The lowest BCUT2D eigenvalue weighted by Gasteiger charge is -2.05. The fourth-order valence-electron chi connectivity index (χ4n) is 1.37. The lowest BCUT2D eigenvalue weighted by atomic mass is 10.3. The van der Waals surface area contributed by atoms with Crippen LogP contribution < -0.4 is 4.72 Å². The van der Waals surface area contributed by atoms with Crippen LogP contribution in [0.15, 0.2) is 29.4 Å². The number of aromatic amines is 1. The van der Waals surface area contributed by atoms with Gasteiger partial charge in [0.1, 0.15) is 12.2 Å². The van der Waals surface area contributed by atoms with E-state index in [1.165, 1.54) is 6.33 Å². The number of nitrogens with zero attached hydrogens (tertiary/aromatic N) is 3.